The van der Waals surface area contributed by atoms with Gasteiger partial charge in [-0.25, -0.2) is 0 Å². The number of benzene rings is 1. The van der Waals surface area contributed by atoms with Crippen molar-refractivity contribution >= 4 is 34.5 Å². The largest absolute Gasteiger partial charge is 0.326 e. The fourth-order valence-corrected chi connectivity index (χ4v) is 2.33. The van der Waals surface area contributed by atoms with Crippen molar-refractivity contribution in [2.24, 2.45) is 0 Å². The molecule has 0 aliphatic carbocycles. The summed E-state index contributed by atoms with van der Waals surface area (Å²) in [4.78, 5) is 22.8. The van der Waals surface area contributed by atoms with Crippen LogP contribution in [0.4, 0.5) is 11.4 Å². The minimum absolute atomic E-state index is 0.0709. The fraction of sp³-hybridized carbons (Fsp3) is 0.143. The van der Waals surface area contributed by atoms with E-state index in [1.165, 1.54) is 6.92 Å². The Morgan fingerprint density at radius 3 is 2.53 bits per heavy atom. The maximum absolute atomic E-state index is 11.8. The van der Waals surface area contributed by atoms with Crippen molar-refractivity contribution in [3.63, 3.8) is 0 Å². The molecule has 2 aromatic rings. The number of amides is 2. The van der Waals surface area contributed by atoms with Crippen molar-refractivity contribution in [3.05, 3.63) is 46.7 Å². The Hall–Kier alpha value is -2.14. The summed E-state index contributed by atoms with van der Waals surface area (Å²) in [5.74, 6) is -0.208. The monoisotopic (exact) mass is 274 g/mol. The van der Waals surface area contributed by atoms with E-state index >= 15 is 0 Å². The van der Waals surface area contributed by atoms with Crippen LogP contribution in [0, 0.1) is 0 Å². The molecule has 2 rings (SSSR count). The van der Waals surface area contributed by atoms with Gasteiger partial charge in [-0.1, -0.05) is 6.07 Å². The molecule has 1 aromatic carbocycles. The van der Waals surface area contributed by atoms with Crippen molar-refractivity contribution in [1.82, 2.24) is 0 Å². The van der Waals surface area contributed by atoms with Gasteiger partial charge in [-0.3, -0.25) is 9.59 Å². The van der Waals surface area contributed by atoms with Crippen LogP contribution in [0.25, 0.3) is 0 Å². The number of hydrogen-bond donors (Lipinski definition) is 2. The third-order valence-corrected chi connectivity index (χ3v) is 3.14. The van der Waals surface area contributed by atoms with Gasteiger partial charge in [0, 0.05) is 18.3 Å². The highest BCUT2D eigenvalue weighted by molar-refractivity contribution is 7.08. The average molecular weight is 274 g/mol. The minimum atomic E-state index is -0.137. The highest BCUT2D eigenvalue weighted by atomic mass is 32.1. The minimum Gasteiger partial charge on any atom is -0.326 e. The SMILES string of the molecule is CC(=O)Nc1cccc(NC(=O)Cc2ccsc2)c1. The summed E-state index contributed by atoms with van der Waals surface area (Å²) in [6, 6.07) is 9.00. The molecule has 2 N–H and O–H groups in total. The summed E-state index contributed by atoms with van der Waals surface area (Å²) >= 11 is 1.57. The predicted molar refractivity (Wildman–Crippen MR) is 77.4 cm³/mol. The molecule has 0 fully saturated rings. The smallest absolute Gasteiger partial charge is 0.228 e. The fourth-order valence-electron chi connectivity index (χ4n) is 1.66. The van der Waals surface area contributed by atoms with E-state index in [0.717, 1.165) is 5.56 Å². The normalized spacial score (nSPS) is 9.95. The molecule has 0 saturated carbocycles. The van der Waals surface area contributed by atoms with Gasteiger partial charge < -0.3 is 10.6 Å². The van der Waals surface area contributed by atoms with Crippen LogP contribution in [-0.4, -0.2) is 11.8 Å². The first-order valence-electron chi connectivity index (χ1n) is 5.82. The molecule has 19 heavy (non-hydrogen) atoms. The Bertz CT molecular complexity index is 579. The summed E-state index contributed by atoms with van der Waals surface area (Å²) in [5.41, 5.74) is 2.34. The summed E-state index contributed by atoms with van der Waals surface area (Å²) < 4.78 is 0. The van der Waals surface area contributed by atoms with Crippen LogP contribution >= 0.6 is 11.3 Å². The van der Waals surface area contributed by atoms with Gasteiger partial charge in [-0.2, -0.15) is 11.3 Å². The second-order valence-electron chi connectivity index (χ2n) is 4.12. The van der Waals surface area contributed by atoms with Gasteiger partial charge in [-0.05, 0) is 40.6 Å². The molecule has 1 heterocycles. The Morgan fingerprint density at radius 2 is 1.89 bits per heavy atom. The number of carbonyl (C=O) groups excluding carboxylic acids is 2. The molecular weight excluding hydrogens is 260 g/mol. The van der Waals surface area contributed by atoms with Crippen LogP contribution in [0.2, 0.25) is 0 Å². The molecule has 5 heteroatoms. The van der Waals surface area contributed by atoms with Gasteiger partial charge in [0.15, 0.2) is 0 Å². The lowest BCUT2D eigenvalue weighted by molar-refractivity contribution is -0.115. The van der Waals surface area contributed by atoms with Gasteiger partial charge in [0.05, 0.1) is 6.42 Å². The molecule has 0 unspecified atom stereocenters. The molecule has 0 saturated heterocycles. The lowest BCUT2D eigenvalue weighted by Crippen LogP contribution is -2.14. The Labute approximate surface area is 115 Å². The third kappa shape index (κ3) is 4.22. The Balaban J connectivity index is 1.98. The summed E-state index contributed by atoms with van der Waals surface area (Å²) in [5, 5.41) is 9.38. The van der Waals surface area contributed by atoms with Gasteiger partial charge in [0.1, 0.15) is 0 Å². The molecular formula is C14H14N2O2S. The molecule has 4 nitrogen and oxygen atoms in total. The van der Waals surface area contributed by atoms with E-state index in [2.05, 4.69) is 10.6 Å². The van der Waals surface area contributed by atoms with Crippen LogP contribution < -0.4 is 10.6 Å². The molecule has 0 radical (unpaired) electrons. The second kappa shape index (κ2) is 6.15. The molecule has 2 amide bonds. The molecule has 0 atom stereocenters. The zero-order valence-corrected chi connectivity index (χ0v) is 11.3. The average Bonchev–Trinajstić information content (AvgIpc) is 2.81. The Kier molecular flexibility index (Phi) is 4.30. The van der Waals surface area contributed by atoms with E-state index in [4.69, 9.17) is 0 Å². The predicted octanol–water partition coefficient (Wildman–Crippen LogP) is 2.89. The first kappa shape index (κ1) is 13.3. The Morgan fingerprint density at radius 1 is 1.16 bits per heavy atom. The van der Waals surface area contributed by atoms with Crippen LogP contribution in [0.3, 0.4) is 0 Å². The highest BCUT2D eigenvalue weighted by Gasteiger charge is 2.05. The summed E-state index contributed by atoms with van der Waals surface area (Å²) in [6.07, 6.45) is 0.355. The van der Waals surface area contributed by atoms with E-state index < -0.39 is 0 Å². The number of rotatable bonds is 4. The second-order valence-corrected chi connectivity index (χ2v) is 4.90. The van der Waals surface area contributed by atoms with Crippen molar-refractivity contribution < 1.29 is 9.59 Å². The van der Waals surface area contributed by atoms with Crippen molar-refractivity contribution in [2.75, 3.05) is 10.6 Å². The van der Waals surface area contributed by atoms with Crippen molar-refractivity contribution in [3.8, 4) is 0 Å². The molecule has 98 valence electrons. The van der Waals surface area contributed by atoms with Crippen LogP contribution in [0.5, 0.6) is 0 Å². The molecule has 0 bridgehead atoms. The number of hydrogen-bond acceptors (Lipinski definition) is 3. The first-order valence-corrected chi connectivity index (χ1v) is 6.76. The third-order valence-electron chi connectivity index (χ3n) is 2.41. The van der Waals surface area contributed by atoms with E-state index in [1.807, 2.05) is 16.8 Å². The quantitative estimate of drug-likeness (QED) is 0.900. The van der Waals surface area contributed by atoms with Crippen LogP contribution in [0.15, 0.2) is 41.1 Å². The molecule has 0 aliphatic rings. The van der Waals surface area contributed by atoms with E-state index in [0.29, 0.717) is 17.8 Å². The summed E-state index contributed by atoms with van der Waals surface area (Å²) in [7, 11) is 0. The van der Waals surface area contributed by atoms with E-state index in [-0.39, 0.29) is 11.8 Å². The zero-order chi connectivity index (χ0) is 13.7. The zero-order valence-electron chi connectivity index (χ0n) is 10.5. The maximum atomic E-state index is 11.8. The van der Waals surface area contributed by atoms with E-state index in [9.17, 15) is 9.59 Å². The van der Waals surface area contributed by atoms with Gasteiger partial charge in [0.25, 0.3) is 0 Å². The lowest BCUT2D eigenvalue weighted by Gasteiger charge is -2.07. The van der Waals surface area contributed by atoms with E-state index in [1.54, 1.807) is 35.6 Å². The first-order chi connectivity index (χ1) is 9.13. The number of carbonyl (C=O) groups is 2. The number of thiophene rings is 1. The van der Waals surface area contributed by atoms with Gasteiger partial charge >= 0.3 is 0 Å². The molecule has 1 aromatic heterocycles. The standard InChI is InChI=1S/C14H14N2O2S/c1-10(17)15-12-3-2-4-13(8-12)16-14(18)7-11-5-6-19-9-11/h2-6,8-9H,7H2,1H3,(H,15,17)(H,16,18). The van der Waals surface area contributed by atoms with Crippen molar-refractivity contribution in [1.29, 1.82) is 0 Å². The van der Waals surface area contributed by atoms with Crippen molar-refractivity contribution in [2.45, 2.75) is 13.3 Å². The topological polar surface area (TPSA) is 58.2 Å². The maximum Gasteiger partial charge on any atom is 0.228 e. The molecule has 0 spiro atoms. The van der Waals surface area contributed by atoms with Gasteiger partial charge in [0.2, 0.25) is 11.8 Å². The summed E-state index contributed by atoms with van der Waals surface area (Å²) in [6.45, 7) is 1.45. The highest BCUT2D eigenvalue weighted by Crippen LogP contribution is 2.15. The molecule has 0 aliphatic heterocycles. The van der Waals surface area contributed by atoms with Crippen LogP contribution in [-0.2, 0) is 16.0 Å². The lowest BCUT2D eigenvalue weighted by atomic mass is 10.2. The number of nitrogens with one attached hydrogen (secondary N) is 2. The number of anilines is 2. The van der Waals surface area contributed by atoms with Gasteiger partial charge in [-0.15, -0.1) is 0 Å². The van der Waals surface area contributed by atoms with Crippen LogP contribution in [0.1, 0.15) is 12.5 Å².